The molecule has 1 unspecified atom stereocenters. The largest absolute Gasteiger partial charge is 0.496 e. The molecule has 1 aromatic carbocycles. The molecule has 5 heteroatoms. The number of rotatable bonds is 3. The highest BCUT2D eigenvalue weighted by atomic mass is 32.1. The number of ether oxygens (including phenoxy) is 1. The van der Waals surface area contributed by atoms with Crippen LogP contribution in [-0.4, -0.2) is 37.1 Å². The lowest BCUT2D eigenvalue weighted by molar-refractivity contribution is 0.399. The monoisotopic (exact) mass is 251 g/mol. The van der Waals surface area contributed by atoms with Crippen molar-refractivity contribution in [3.8, 4) is 5.75 Å². The van der Waals surface area contributed by atoms with Gasteiger partial charge in [-0.05, 0) is 44.0 Å². The molecule has 3 nitrogen and oxygen atoms in total. The van der Waals surface area contributed by atoms with Crippen LogP contribution < -0.4 is 4.74 Å². The molecular formula is C12H18BNO2S. The first-order chi connectivity index (χ1) is 8.11. The van der Waals surface area contributed by atoms with E-state index in [1.807, 2.05) is 19.0 Å². The average Bonchev–Trinajstić information content (AvgIpc) is 2.78. The fourth-order valence-electron chi connectivity index (χ4n) is 2.42. The first-order valence-corrected chi connectivity index (χ1v) is 6.35. The topological polar surface area (TPSA) is 32.7 Å². The van der Waals surface area contributed by atoms with Crippen LogP contribution in [0.1, 0.15) is 17.9 Å². The first-order valence-electron chi connectivity index (χ1n) is 5.91. The van der Waals surface area contributed by atoms with Gasteiger partial charge in [0.1, 0.15) is 5.75 Å². The van der Waals surface area contributed by atoms with E-state index in [2.05, 4.69) is 23.5 Å². The second-order valence-corrected chi connectivity index (χ2v) is 5.06. The summed E-state index contributed by atoms with van der Waals surface area (Å²) in [7, 11) is 1.32. The third kappa shape index (κ3) is 2.79. The Labute approximate surface area is 108 Å². The molecule has 0 saturated carbocycles. The minimum Gasteiger partial charge on any atom is -0.496 e. The number of nitrogens with zero attached hydrogens (tertiary/aromatic N) is 1. The molecular weight excluding hydrogens is 233 g/mol. The summed E-state index contributed by atoms with van der Waals surface area (Å²) < 4.78 is 5.40. The quantitative estimate of drug-likeness (QED) is 0.635. The molecule has 0 spiro atoms. The number of hydrogen-bond donors (Lipinski definition) is 2. The fraction of sp³-hybridized carbons (Fsp3) is 0.500. The Kier molecular flexibility index (Phi) is 4.02. The van der Waals surface area contributed by atoms with Crippen LogP contribution in [-0.2, 0) is 0 Å². The van der Waals surface area contributed by atoms with Crippen molar-refractivity contribution in [3.05, 3.63) is 23.8 Å². The van der Waals surface area contributed by atoms with Crippen LogP contribution in [0.5, 0.6) is 5.75 Å². The molecule has 92 valence electrons. The van der Waals surface area contributed by atoms with Gasteiger partial charge < -0.3 is 14.6 Å². The van der Waals surface area contributed by atoms with Crippen molar-refractivity contribution in [2.75, 3.05) is 20.2 Å². The average molecular weight is 251 g/mol. The van der Waals surface area contributed by atoms with Crippen molar-refractivity contribution in [1.29, 1.82) is 0 Å². The summed E-state index contributed by atoms with van der Waals surface area (Å²) in [5.41, 5.74) is 1.22. The van der Waals surface area contributed by atoms with E-state index in [1.165, 1.54) is 5.56 Å². The van der Waals surface area contributed by atoms with Crippen LogP contribution in [0, 0.1) is 0 Å². The van der Waals surface area contributed by atoms with Crippen LogP contribution in [0.25, 0.3) is 0 Å². The Bertz CT molecular complexity index is 400. The zero-order valence-corrected chi connectivity index (χ0v) is 11.2. The van der Waals surface area contributed by atoms with Gasteiger partial charge in [0, 0.05) is 10.8 Å². The van der Waals surface area contributed by atoms with E-state index < -0.39 is 0 Å². The first kappa shape index (κ1) is 12.8. The maximum atomic E-state index is 9.57. The SMILES string of the molecule is COc1cc(S)ccc1C1CCN(B(C)O)C1. The van der Waals surface area contributed by atoms with Gasteiger partial charge in [0.05, 0.1) is 7.11 Å². The van der Waals surface area contributed by atoms with Crippen LogP contribution >= 0.6 is 12.6 Å². The van der Waals surface area contributed by atoms with Gasteiger partial charge in [0.2, 0.25) is 0 Å². The third-order valence-electron chi connectivity index (χ3n) is 3.41. The van der Waals surface area contributed by atoms with Crippen molar-refractivity contribution in [1.82, 2.24) is 4.81 Å². The van der Waals surface area contributed by atoms with Gasteiger partial charge in [-0.2, -0.15) is 0 Å². The standard InChI is InChI=1S/C12H18BNO2S/c1-13(15)14-6-5-9(8-14)11-4-3-10(17)7-12(11)16-2/h3-4,7,9,15,17H,5-6,8H2,1-2H3. The third-order valence-corrected chi connectivity index (χ3v) is 3.68. The lowest BCUT2D eigenvalue weighted by Crippen LogP contribution is -2.34. The van der Waals surface area contributed by atoms with Crippen LogP contribution in [0.4, 0.5) is 0 Å². The molecule has 2 rings (SSSR count). The van der Waals surface area contributed by atoms with E-state index >= 15 is 0 Å². The van der Waals surface area contributed by atoms with Crippen molar-refractivity contribution >= 4 is 19.7 Å². The highest BCUT2D eigenvalue weighted by molar-refractivity contribution is 7.80. The van der Waals surface area contributed by atoms with E-state index in [-0.39, 0.29) is 7.05 Å². The van der Waals surface area contributed by atoms with E-state index in [0.29, 0.717) is 5.92 Å². The number of methoxy groups -OCH3 is 1. The van der Waals surface area contributed by atoms with Gasteiger partial charge >= 0.3 is 7.05 Å². The van der Waals surface area contributed by atoms with Gasteiger partial charge in [-0.3, -0.25) is 0 Å². The predicted octanol–water partition coefficient (Wildman–Crippen LogP) is 1.88. The Morgan fingerprint density at radius 1 is 1.53 bits per heavy atom. The number of thiol groups is 1. The van der Waals surface area contributed by atoms with Crippen LogP contribution in [0.15, 0.2) is 23.1 Å². The van der Waals surface area contributed by atoms with Crippen molar-refractivity contribution in [3.63, 3.8) is 0 Å². The van der Waals surface area contributed by atoms with Crippen molar-refractivity contribution in [2.24, 2.45) is 0 Å². The summed E-state index contributed by atoms with van der Waals surface area (Å²) in [5, 5.41) is 9.57. The second kappa shape index (κ2) is 5.33. The predicted molar refractivity (Wildman–Crippen MR) is 73.0 cm³/mol. The van der Waals surface area contributed by atoms with Crippen LogP contribution in [0.2, 0.25) is 6.82 Å². The molecule has 0 amide bonds. The zero-order valence-electron chi connectivity index (χ0n) is 10.3. The van der Waals surface area contributed by atoms with Gasteiger partial charge in [0.25, 0.3) is 0 Å². The molecule has 1 atom stereocenters. The maximum absolute atomic E-state index is 9.57. The summed E-state index contributed by atoms with van der Waals surface area (Å²) in [5.74, 6) is 1.34. The summed E-state index contributed by atoms with van der Waals surface area (Å²) >= 11 is 4.32. The van der Waals surface area contributed by atoms with E-state index in [9.17, 15) is 5.02 Å². The van der Waals surface area contributed by atoms with Gasteiger partial charge in [0.15, 0.2) is 0 Å². The Hall–Kier alpha value is -0.645. The molecule has 1 aliphatic rings. The lowest BCUT2D eigenvalue weighted by atomic mass is 9.85. The fourth-order valence-corrected chi connectivity index (χ4v) is 2.61. The second-order valence-electron chi connectivity index (χ2n) is 4.54. The molecule has 1 saturated heterocycles. The highest BCUT2D eigenvalue weighted by Crippen LogP contribution is 2.34. The van der Waals surface area contributed by atoms with E-state index in [1.54, 1.807) is 7.11 Å². The van der Waals surface area contributed by atoms with Gasteiger partial charge in [-0.1, -0.05) is 6.07 Å². The normalized spacial score (nSPS) is 20.6. The van der Waals surface area contributed by atoms with Crippen molar-refractivity contribution < 1.29 is 9.76 Å². The maximum Gasteiger partial charge on any atom is 0.376 e. The van der Waals surface area contributed by atoms with Gasteiger partial charge in [-0.25, -0.2) is 0 Å². The van der Waals surface area contributed by atoms with Gasteiger partial charge in [-0.15, -0.1) is 12.6 Å². The molecule has 0 bridgehead atoms. The summed E-state index contributed by atoms with van der Waals surface area (Å²) in [4.78, 5) is 3.00. The molecule has 1 heterocycles. The smallest absolute Gasteiger partial charge is 0.376 e. The minimum atomic E-state index is -0.366. The molecule has 1 fully saturated rings. The molecule has 0 aromatic heterocycles. The lowest BCUT2D eigenvalue weighted by Gasteiger charge is -2.18. The molecule has 0 radical (unpaired) electrons. The highest BCUT2D eigenvalue weighted by Gasteiger charge is 2.29. The summed E-state index contributed by atoms with van der Waals surface area (Å²) in [6.45, 7) is 3.64. The molecule has 1 N–H and O–H groups in total. The van der Waals surface area contributed by atoms with E-state index in [0.717, 1.165) is 30.2 Å². The minimum absolute atomic E-state index is 0.366. The summed E-state index contributed by atoms with van der Waals surface area (Å²) in [6, 6.07) is 6.02. The molecule has 1 aromatic rings. The Balaban J connectivity index is 2.18. The summed E-state index contributed by atoms with van der Waals surface area (Å²) in [6.07, 6.45) is 1.06. The van der Waals surface area contributed by atoms with Crippen LogP contribution in [0.3, 0.4) is 0 Å². The molecule has 17 heavy (non-hydrogen) atoms. The Morgan fingerprint density at radius 3 is 2.88 bits per heavy atom. The Morgan fingerprint density at radius 2 is 2.29 bits per heavy atom. The molecule has 1 aliphatic heterocycles. The zero-order chi connectivity index (χ0) is 12.4. The molecule has 0 aliphatic carbocycles. The number of hydrogen-bond acceptors (Lipinski definition) is 4. The van der Waals surface area contributed by atoms with E-state index in [4.69, 9.17) is 4.74 Å². The van der Waals surface area contributed by atoms with Crippen molar-refractivity contribution in [2.45, 2.75) is 24.1 Å². The number of benzene rings is 1.